The van der Waals surface area contributed by atoms with Crippen LogP contribution in [0.5, 0.6) is 0 Å². The fourth-order valence-corrected chi connectivity index (χ4v) is 3.62. The van der Waals surface area contributed by atoms with Crippen molar-refractivity contribution in [3.63, 3.8) is 0 Å². The summed E-state index contributed by atoms with van der Waals surface area (Å²) in [5.74, 6) is 0.431. The van der Waals surface area contributed by atoms with Crippen LogP contribution in [-0.2, 0) is 17.8 Å². The Labute approximate surface area is 167 Å². The number of hydrogen-bond acceptors (Lipinski definition) is 4. The lowest BCUT2D eigenvalue weighted by Crippen LogP contribution is -2.41. The number of rotatable bonds is 5. The molecule has 0 N–H and O–H groups in total. The van der Waals surface area contributed by atoms with Crippen molar-refractivity contribution in [2.24, 2.45) is 5.92 Å². The summed E-state index contributed by atoms with van der Waals surface area (Å²) in [6.07, 6.45) is 5.07. The van der Waals surface area contributed by atoms with Gasteiger partial charge in [-0.2, -0.15) is 5.10 Å². The molecule has 0 aliphatic carbocycles. The van der Waals surface area contributed by atoms with Crippen LogP contribution < -0.4 is 5.56 Å². The van der Waals surface area contributed by atoms with E-state index < -0.39 is 0 Å². The summed E-state index contributed by atoms with van der Waals surface area (Å²) in [6, 6.07) is 11.3. The lowest BCUT2D eigenvalue weighted by Gasteiger charge is -2.32. The molecule has 8 heteroatoms. The Kier molecular flexibility index (Phi) is 5.50. The molecule has 0 unspecified atom stereocenters. The number of amides is 1. The first kappa shape index (κ1) is 19.0. The maximum atomic E-state index is 13.8. The molecular formula is C21H22FN5O2. The van der Waals surface area contributed by atoms with Crippen molar-refractivity contribution >= 4 is 5.91 Å². The van der Waals surface area contributed by atoms with Crippen LogP contribution in [0.15, 0.2) is 59.7 Å². The van der Waals surface area contributed by atoms with Crippen molar-refractivity contribution in [3.05, 3.63) is 76.6 Å². The highest BCUT2D eigenvalue weighted by atomic mass is 19.1. The summed E-state index contributed by atoms with van der Waals surface area (Å²) in [7, 11) is 0. The molecule has 0 bridgehead atoms. The first-order chi connectivity index (χ1) is 14.1. The molecular weight excluding hydrogens is 373 g/mol. The van der Waals surface area contributed by atoms with Crippen LogP contribution in [0.4, 0.5) is 4.39 Å². The summed E-state index contributed by atoms with van der Waals surface area (Å²) in [4.78, 5) is 26.5. The fraction of sp³-hybridized carbons (Fsp3) is 0.333. The number of aromatic nitrogens is 4. The molecule has 0 atom stereocenters. The smallest absolute Gasteiger partial charge is 0.266 e. The van der Waals surface area contributed by atoms with Gasteiger partial charge in [-0.3, -0.25) is 9.59 Å². The molecule has 2 aromatic heterocycles. The number of likely N-dealkylation sites (tertiary alicyclic amines) is 1. The highest BCUT2D eigenvalue weighted by Gasteiger charge is 2.24. The molecule has 29 heavy (non-hydrogen) atoms. The third-order valence-electron chi connectivity index (χ3n) is 5.29. The summed E-state index contributed by atoms with van der Waals surface area (Å²) in [5, 5.41) is 8.55. The number of carbonyl (C=O) groups excluding carboxylic acids is 1. The minimum absolute atomic E-state index is 0.0653. The summed E-state index contributed by atoms with van der Waals surface area (Å²) in [5.41, 5.74) is 0.268. The van der Waals surface area contributed by atoms with Gasteiger partial charge in [0.15, 0.2) is 5.82 Å². The second-order valence-electron chi connectivity index (χ2n) is 7.25. The van der Waals surface area contributed by atoms with Crippen LogP contribution in [-0.4, -0.2) is 43.5 Å². The van der Waals surface area contributed by atoms with Gasteiger partial charge in [0, 0.05) is 38.1 Å². The maximum Gasteiger partial charge on any atom is 0.266 e. The van der Waals surface area contributed by atoms with Gasteiger partial charge in [0.05, 0.1) is 6.42 Å². The van der Waals surface area contributed by atoms with Gasteiger partial charge in [0.1, 0.15) is 5.82 Å². The molecule has 1 saturated heterocycles. The van der Waals surface area contributed by atoms with Crippen molar-refractivity contribution in [1.29, 1.82) is 0 Å². The van der Waals surface area contributed by atoms with Gasteiger partial charge in [-0.05, 0) is 42.5 Å². The zero-order chi connectivity index (χ0) is 20.2. The van der Waals surface area contributed by atoms with Crippen LogP contribution in [0, 0.1) is 11.7 Å². The zero-order valence-electron chi connectivity index (χ0n) is 15.9. The van der Waals surface area contributed by atoms with E-state index in [-0.39, 0.29) is 29.6 Å². The molecule has 0 saturated carbocycles. The largest absolute Gasteiger partial charge is 0.342 e. The second-order valence-corrected chi connectivity index (χ2v) is 7.25. The third-order valence-corrected chi connectivity index (χ3v) is 5.29. The van der Waals surface area contributed by atoms with Crippen LogP contribution in [0.25, 0.3) is 5.82 Å². The Morgan fingerprint density at radius 1 is 1.10 bits per heavy atom. The van der Waals surface area contributed by atoms with Gasteiger partial charge in [0.25, 0.3) is 5.56 Å². The number of benzene rings is 1. The molecule has 7 nitrogen and oxygen atoms in total. The first-order valence-corrected chi connectivity index (χ1v) is 9.69. The van der Waals surface area contributed by atoms with Crippen LogP contribution >= 0.6 is 0 Å². The predicted molar refractivity (Wildman–Crippen MR) is 105 cm³/mol. The highest BCUT2D eigenvalue weighted by Crippen LogP contribution is 2.20. The van der Waals surface area contributed by atoms with Crippen molar-refractivity contribution in [3.8, 4) is 5.82 Å². The number of nitrogens with zero attached hydrogens (tertiary/aromatic N) is 5. The quantitative estimate of drug-likeness (QED) is 0.663. The third kappa shape index (κ3) is 4.42. The lowest BCUT2D eigenvalue weighted by atomic mass is 9.96. The van der Waals surface area contributed by atoms with Gasteiger partial charge >= 0.3 is 0 Å². The van der Waals surface area contributed by atoms with Crippen LogP contribution in [0.3, 0.4) is 0 Å². The highest BCUT2D eigenvalue weighted by molar-refractivity contribution is 5.78. The minimum atomic E-state index is -0.349. The number of halogens is 1. The van der Waals surface area contributed by atoms with Gasteiger partial charge < -0.3 is 4.90 Å². The van der Waals surface area contributed by atoms with Crippen molar-refractivity contribution in [2.45, 2.75) is 25.8 Å². The molecule has 150 valence electrons. The van der Waals surface area contributed by atoms with E-state index in [4.69, 9.17) is 0 Å². The molecule has 1 aliphatic rings. The molecule has 3 heterocycles. The Morgan fingerprint density at radius 2 is 1.90 bits per heavy atom. The molecule has 0 radical (unpaired) electrons. The number of carbonyl (C=O) groups is 1. The second kappa shape index (κ2) is 8.38. The van der Waals surface area contributed by atoms with E-state index in [0.717, 1.165) is 12.8 Å². The monoisotopic (exact) mass is 395 g/mol. The van der Waals surface area contributed by atoms with E-state index in [1.807, 2.05) is 0 Å². The SMILES string of the molecule is O=C(Cc1ccccc1F)N1CCC(Cn2nc(-n3cccn3)ccc2=O)CC1. The first-order valence-electron chi connectivity index (χ1n) is 9.69. The summed E-state index contributed by atoms with van der Waals surface area (Å²) in [6.45, 7) is 1.71. The predicted octanol–water partition coefficient (Wildman–Crippen LogP) is 2.05. The van der Waals surface area contributed by atoms with E-state index in [9.17, 15) is 14.0 Å². The van der Waals surface area contributed by atoms with Crippen molar-refractivity contribution in [1.82, 2.24) is 24.5 Å². The van der Waals surface area contributed by atoms with Gasteiger partial charge in [-0.15, -0.1) is 5.10 Å². The minimum Gasteiger partial charge on any atom is -0.342 e. The molecule has 4 rings (SSSR count). The van der Waals surface area contributed by atoms with E-state index in [0.29, 0.717) is 31.0 Å². The average Bonchev–Trinajstić information content (AvgIpc) is 3.27. The summed E-state index contributed by atoms with van der Waals surface area (Å²) >= 11 is 0. The molecule has 0 spiro atoms. The van der Waals surface area contributed by atoms with Crippen molar-refractivity contribution in [2.75, 3.05) is 13.1 Å². The van der Waals surface area contributed by atoms with Gasteiger partial charge in [-0.1, -0.05) is 18.2 Å². The lowest BCUT2D eigenvalue weighted by molar-refractivity contribution is -0.132. The van der Waals surface area contributed by atoms with E-state index in [1.54, 1.807) is 52.3 Å². The molecule has 3 aromatic rings. The van der Waals surface area contributed by atoms with Crippen molar-refractivity contribution < 1.29 is 9.18 Å². The van der Waals surface area contributed by atoms with Gasteiger partial charge in [-0.25, -0.2) is 13.8 Å². The Balaban J connectivity index is 1.36. The topological polar surface area (TPSA) is 73.0 Å². The van der Waals surface area contributed by atoms with Gasteiger partial charge in [0.2, 0.25) is 5.91 Å². The zero-order valence-corrected chi connectivity index (χ0v) is 15.9. The van der Waals surface area contributed by atoms with Crippen LogP contribution in [0.1, 0.15) is 18.4 Å². The number of piperidine rings is 1. The van der Waals surface area contributed by atoms with E-state index in [2.05, 4.69) is 10.2 Å². The number of hydrogen-bond donors (Lipinski definition) is 0. The Morgan fingerprint density at radius 3 is 2.62 bits per heavy atom. The molecule has 1 fully saturated rings. The maximum absolute atomic E-state index is 13.8. The van der Waals surface area contributed by atoms with E-state index in [1.165, 1.54) is 16.8 Å². The standard InChI is InChI=1S/C21H22FN5O2/c22-18-5-2-1-4-17(18)14-21(29)25-12-8-16(9-13-25)15-27-20(28)7-6-19(24-27)26-11-3-10-23-26/h1-7,10-11,16H,8-9,12-15H2. The average molecular weight is 395 g/mol. The Bertz CT molecular complexity index is 1040. The van der Waals surface area contributed by atoms with Crippen LogP contribution in [0.2, 0.25) is 0 Å². The molecule has 1 aromatic carbocycles. The molecule has 1 aliphatic heterocycles. The normalized spacial score (nSPS) is 14.9. The Hall–Kier alpha value is -3.29. The fourth-order valence-electron chi connectivity index (χ4n) is 3.62. The van der Waals surface area contributed by atoms with E-state index >= 15 is 0 Å². The molecule has 1 amide bonds. The summed E-state index contributed by atoms with van der Waals surface area (Å²) < 4.78 is 16.9.